The molecule has 0 fully saturated rings. The number of pyridine rings is 1. The zero-order valence-corrected chi connectivity index (χ0v) is 18.8. The van der Waals surface area contributed by atoms with Crippen LogP contribution in [0.1, 0.15) is 32.1 Å². The number of H-pyrrole nitrogens is 1. The molecule has 0 saturated heterocycles. The second-order valence-electron chi connectivity index (χ2n) is 5.95. The van der Waals surface area contributed by atoms with Crippen molar-refractivity contribution in [1.29, 1.82) is 0 Å². The first kappa shape index (κ1) is 26.6. The van der Waals surface area contributed by atoms with E-state index in [2.05, 4.69) is 25.8 Å². The third-order valence-corrected chi connectivity index (χ3v) is 4.46. The molecule has 2 heterocycles. The summed E-state index contributed by atoms with van der Waals surface area (Å²) >= 11 is 11.8. The number of carbonyl (C=O) groups excluding carboxylic acids is 2. The molecule has 0 atom stereocenters. The summed E-state index contributed by atoms with van der Waals surface area (Å²) in [6.07, 6.45) is 0. The number of benzene rings is 1. The van der Waals surface area contributed by atoms with Gasteiger partial charge >= 0.3 is 0 Å². The zero-order chi connectivity index (χ0) is 21.1. The SMILES string of the molecule is Cc1ccc(CNC(=O)c2cc(NC(=O)c3cc(F)c(F)cc3Cl)n[nH]2)c(Cl)n1.Cl.Cl. The second kappa shape index (κ2) is 11.2. The standard InChI is InChI=1S/C18H13Cl2F2N5O2.2ClH/c1-8-2-3-9(16(20)24-8)7-23-18(29)14-6-15(27-26-14)25-17(28)10-4-12(21)13(22)5-11(10)19;;/h2-6H,7H2,1H3,(H,23,29)(H2,25,26,27,28);2*1H. The first-order chi connectivity index (χ1) is 13.7. The van der Waals surface area contributed by atoms with Crippen LogP contribution in [0.3, 0.4) is 0 Å². The maximum Gasteiger partial charge on any atom is 0.269 e. The van der Waals surface area contributed by atoms with E-state index in [0.717, 1.165) is 5.69 Å². The van der Waals surface area contributed by atoms with Crippen LogP contribution in [0, 0.1) is 18.6 Å². The van der Waals surface area contributed by atoms with Gasteiger partial charge in [0.05, 0.1) is 10.6 Å². The first-order valence-electron chi connectivity index (χ1n) is 8.16. The molecule has 2 amide bonds. The van der Waals surface area contributed by atoms with E-state index in [0.29, 0.717) is 17.7 Å². The summed E-state index contributed by atoms with van der Waals surface area (Å²) < 4.78 is 26.5. The molecule has 7 nitrogen and oxygen atoms in total. The van der Waals surface area contributed by atoms with Crippen LogP contribution in [-0.4, -0.2) is 27.0 Å². The number of aromatic amines is 1. The van der Waals surface area contributed by atoms with Crippen LogP contribution in [0.5, 0.6) is 0 Å². The first-order valence-corrected chi connectivity index (χ1v) is 8.91. The molecule has 166 valence electrons. The molecule has 0 unspecified atom stereocenters. The largest absolute Gasteiger partial charge is 0.347 e. The lowest BCUT2D eigenvalue weighted by molar-refractivity contribution is 0.0945. The van der Waals surface area contributed by atoms with E-state index in [1.54, 1.807) is 19.1 Å². The minimum absolute atomic E-state index is 0. The summed E-state index contributed by atoms with van der Waals surface area (Å²) in [5.41, 5.74) is 1.17. The number of hydrogen-bond acceptors (Lipinski definition) is 4. The Hall–Kier alpha value is -2.46. The Morgan fingerprint density at radius 3 is 2.42 bits per heavy atom. The second-order valence-corrected chi connectivity index (χ2v) is 6.72. The van der Waals surface area contributed by atoms with Gasteiger partial charge in [0.1, 0.15) is 10.8 Å². The third-order valence-electron chi connectivity index (χ3n) is 3.82. The Kier molecular flexibility index (Phi) is 9.64. The number of nitrogens with zero attached hydrogens (tertiary/aromatic N) is 2. The summed E-state index contributed by atoms with van der Waals surface area (Å²) in [6, 6.07) is 6.15. The molecule has 3 rings (SSSR count). The van der Waals surface area contributed by atoms with Gasteiger partial charge in [-0.2, -0.15) is 5.10 Å². The summed E-state index contributed by atoms with van der Waals surface area (Å²) in [5.74, 6) is -3.71. The number of aromatic nitrogens is 3. The molecule has 1 aromatic carbocycles. The van der Waals surface area contributed by atoms with Crippen molar-refractivity contribution >= 4 is 65.6 Å². The third kappa shape index (κ3) is 6.51. The van der Waals surface area contributed by atoms with Gasteiger partial charge in [-0.15, -0.1) is 24.8 Å². The molecule has 0 saturated carbocycles. The Morgan fingerprint density at radius 2 is 1.74 bits per heavy atom. The van der Waals surface area contributed by atoms with Gasteiger partial charge in [-0.05, 0) is 25.1 Å². The average Bonchev–Trinajstić information content (AvgIpc) is 3.12. The fourth-order valence-corrected chi connectivity index (χ4v) is 2.84. The predicted octanol–water partition coefficient (Wildman–Crippen LogP) is 4.72. The van der Waals surface area contributed by atoms with Crippen LogP contribution < -0.4 is 10.6 Å². The lowest BCUT2D eigenvalue weighted by Gasteiger charge is -2.06. The van der Waals surface area contributed by atoms with Gasteiger partial charge in [-0.3, -0.25) is 14.7 Å². The van der Waals surface area contributed by atoms with Crippen molar-refractivity contribution in [3.63, 3.8) is 0 Å². The highest BCUT2D eigenvalue weighted by molar-refractivity contribution is 6.34. The fourth-order valence-electron chi connectivity index (χ4n) is 2.34. The van der Waals surface area contributed by atoms with Crippen LogP contribution >= 0.6 is 48.0 Å². The van der Waals surface area contributed by atoms with Crippen LogP contribution in [0.2, 0.25) is 10.2 Å². The molecule has 3 aromatic rings. The topological polar surface area (TPSA) is 99.8 Å². The van der Waals surface area contributed by atoms with Crippen molar-refractivity contribution in [3.8, 4) is 0 Å². The molecule has 13 heteroatoms. The van der Waals surface area contributed by atoms with E-state index in [9.17, 15) is 18.4 Å². The number of nitrogens with one attached hydrogen (secondary N) is 3. The Balaban J connectivity index is 0.00000240. The summed E-state index contributed by atoms with van der Waals surface area (Å²) in [7, 11) is 0. The van der Waals surface area contributed by atoms with Crippen molar-refractivity contribution in [1.82, 2.24) is 20.5 Å². The van der Waals surface area contributed by atoms with Crippen molar-refractivity contribution in [2.75, 3.05) is 5.32 Å². The lowest BCUT2D eigenvalue weighted by Crippen LogP contribution is -2.23. The van der Waals surface area contributed by atoms with E-state index in [1.807, 2.05) is 0 Å². The molecular weight excluding hydrogens is 498 g/mol. The molecular formula is C18H15Cl4F2N5O2. The van der Waals surface area contributed by atoms with Crippen molar-refractivity contribution < 1.29 is 18.4 Å². The molecule has 3 N–H and O–H groups in total. The number of halogens is 6. The quantitative estimate of drug-likeness (QED) is 0.340. The molecule has 0 aliphatic carbocycles. The minimum Gasteiger partial charge on any atom is -0.347 e. The van der Waals surface area contributed by atoms with Crippen LogP contribution in [-0.2, 0) is 6.54 Å². The van der Waals surface area contributed by atoms with E-state index < -0.39 is 23.4 Å². The maximum atomic E-state index is 13.3. The van der Waals surface area contributed by atoms with E-state index in [4.69, 9.17) is 23.2 Å². The van der Waals surface area contributed by atoms with Gasteiger partial charge in [-0.1, -0.05) is 29.3 Å². The number of anilines is 1. The van der Waals surface area contributed by atoms with Gasteiger partial charge in [-0.25, -0.2) is 13.8 Å². The Labute approximate surface area is 197 Å². The highest BCUT2D eigenvalue weighted by atomic mass is 35.5. The lowest BCUT2D eigenvalue weighted by atomic mass is 10.2. The highest BCUT2D eigenvalue weighted by Gasteiger charge is 2.17. The van der Waals surface area contributed by atoms with Crippen molar-refractivity contribution in [2.45, 2.75) is 13.5 Å². The minimum atomic E-state index is -1.22. The van der Waals surface area contributed by atoms with Gasteiger partial charge in [0.25, 0.3) is 11.8 Å². The van der Waals surface area contributed by atoms with E-state index >= 15 is 0 Å². The van der Waals surface area contributed by atoms with Crippen molar-refractivity contribution in [2.24, 2.45) is 0 Å². The predicted molar refractivity (Wildman–Crippen MR) is 118 cm³/mol. The normalized spacial score (nSPS) is 9.97. The number of hydrogen-bond donors (Lipinski definition) is 3. The zero-order valence-electron chi connectivity index (χ0n) is 15.6. The van der Waals surface area contributed by atoms with Gasteiger partial charge < -0.3 is 10.6 Å². The van der Waals surface area contributed by atoms with E-state index in [1.165, 1.54) is 6.07 Å². The molecule has 0 bridgehead atoms. The molecule has 31 heavy (non-hydrogen) atoms. The molecule has 2 aromatic heterocycles. The van der Waals surface area contributed by atoms with Crippen molar-refractivity contribution in [3.05, 3.63) is 74.7 Å². The maximum absolute atomic E-state index is 13.3. The molecule has 0 aliphatic rings. The monoisotopic (exact) mass is 511 g/mol. The number of carbonyl (C=O) groups is 2. The Bertz CT molecular complexity index is 1110. The highest BCUT2D eigenvalue weighted by Crippen LogP contribution is 2.21. The van der Waals surface area contributed by atoms with Gasteiger partial charge in [0.15, 0.2) is 17.5 Å². The van der Waals surface area contributed by atoms with Crippen LogP contribution in [0.4, 0.5) is 14.6 Å². The smallest absolute Gasteiger partial charge is 0.269 e. The summed E-state index contributed by atoms with van der Waals surface area (Å²) in [6.45, 7) is 1.93. The van der Waals surface area contributed by atoms with Crippen LogP contribution in [0.25, 0.3) is 0 Å². The number of aryl methyl sites for hydroxylation is 1. The van der Waals surface area contributed by atoms with Crippen LogP contribution in [0.15, 0.2) is 30.3 Å². The summed E-state index contributed by atoms with van der Waals surface area (Å²) in [4.78, 5) is 28.5. The Morgan fingerprint density at radius 1 is 1.06 bits per heavy atom. The molecule has 0 radical (unpaired) electrons. The molecule has 0 spiro atoms. The van der Waals surface area contributed by atoms with E-state index in [-0.39, 0.29) is 58.6 Å². The number of rotatable bonds is 5. The van der Waals surface area contributed by atoms with Gasteiger partial charge in [0, 0.05) is 23.9 Å². The van der Waals surface area contributed by atoms with Gasteiger partial charge in [0.2, 0.25) is 0 Å². The average molecular weight is 513 g/mol. The fraction of sp³-hybridized carbons (Fsp3) is 0.111. The number of amides is 2. The molecule has 0 aliphatic heterocycles. The summed E-state index contributed by atoms with van der Waals surface area (Å²) in [5, 5.41) is 11.3.